The first-order valence-corrected chi connectivity index (χ1v) is 5.16. The van der Waals surface area contributed by atoms with E-state index in [0.717, 1.165) is 18.8 Å². The third-order valence-corrected chi connectivity index (χ3v) is 1.84. The Morgan fingerprint density at radius 2 is 2.33 bits per heavy atom. The molecule has 0 amide bonds. The summed E-state index contributed by atoms with van der Waals surface area (Å²) in [5.41, 5.74) is 5.64. The molecule has 0 bridgehead atoms. The van der Waals surface area contributed by atoms with Gasteiger partial charge in [-0.2, -0.15) is 0 Å². The molecule has 0 fully saturated rings. The molecule has 1 atom stereocenters. The highest BCUT2D eigenvalue weighted by molar-refractivity contribution is 5.36. The Bertz CT molecular complexity index is 291. The Morgan fingerprint density at radius 1 is 1.53 bits per heavy atom. The fraction of sp³-hybridized carbons (Fsp3) is 0.600. The van der Waals surface area contributed by atoms with E-state index in [2.05, 4.69) is 15.3 Å². The van der Waals surface area contributed by atoms with Crippen LogP contribution in [0.3, 0.4) is 0 Å². The van der Waals surface area contributed by atoms with Crippen LogP contribution >= 0.6 is 0 Å². The van der Waals surface area contributed by atoms with Crippen LogP contribution in [-0.2, 0) is 0 Å². The standard InChI is InChI=1S/C10H18N4O/c1-3-15-10-6-9(13-7-14-10)12-5-4-8(2)11/h6-8H,3-5,11H2,1-2H3,(H,12,13,14). The maximum Gasteiger partial charge on any atom is 0.218 e. The Hall–Kier alpha value is -1.36. The maximum absolute atomic E-state index is 5.64. The van der Waals surface area contributed by atoms with Crippen molar-refractivity contribution in [3.05, 3.63) is 12.4 Å². The van der Waals surface area contributed by atoms with Gasteiger partial charge < -0.3 is 15.8 Å². The Morgan fingerprint density at radius 3 is 3.00 bits per heavy atom. The fourth-order valence-electron chi connectivity index (χ4n) is 1.09. The van der Waals surface area contributed by atoms with E-state index in [1.54, 1.807) is 6.07 Å². The number of ether oxygens (including phenoxy) is 1. The molecular formula is C10H18N4O. The lowest BCUT2D eigenvalue weighted by Crippen LogP contribution is -2.19. The molecule has 0 saturated carbocycles. The van der Waals surface area contributed by atoms with Crippen LogP contribution in [0.5, 0.6) is 5.88 Å². The van der Waals surface area contributed by atoms with Gasteiger partial charge in [0.1, 0.15) is 12.1 Å². The fourth-order valence-corrected chi connectivity index (χ4v) is 1.09. The molecule has 1 aromatic rings. The van der Waals surface area contributed by atoms with Gasteiger partial charge in [-0.15, -0.1) is 0 Å². The average molecular weight is 210 g/mol. The van der Waals surface area contributed by atoms with E-state index in [1.807, 2.05) is 13.8 Å². The van der Waals surface area contributed by atoms with Gasteiger partial charge in [-0.1, -0.05) is 0 Å². The van der Waals surface area contributed by atoms with E-state index < -0.39 is 0 Å². The number of hydrogen-bond donors (Lipinski definition) is 2. The highest BCUT2D eigenvalue weighted by Crippen LogP contribution is 2.10. The predicted molar refractivity (Wildman–Crippen MR) is 60.0 cm³/mol. The summed E-state index contributed by atoms with van der Waals surface area (Å²) in [6.45, 7) is 5.31. The zero-order valence-corrected chi connectivity index (χ0v) is 9.23. The molecule has 1 heterocycles. The van der Waals surface area contributed by atoms with Crippen molar-refractivity contribution in [2.45, 2.75) is 26.3 Å². The summed E-state index contributed by atoms with van der Waals surface area (Å²) in [7, 11) is 0. The molecule has 1 aromatic heterocycles. The van der Waals surface area contributed by atoms with Gasteiger partial charge in [-0.25, -0.2) is 9.97 Å². The van der Waals surface area contributed by atoms with Gasteiger partial charge >= 0.3 is 0 Å². The van der Waals surface area contributed by atoms with Crippen LogP contribution in [0.2, 0.25) is 0 Å². The number of hydrogen-bond acceptors (Lipinski definition) is 5. The monoisotopic (exact) mass is 210 g/mol. The number of nitrogens with two attached hydrogens (primary N) is 1. The van der Waals surface area contributed by atoms with Crippen molar-refractivity contribution in [1.82, 2.24) is 9.97 Å². The molecule has 1 unspecified atom stereocenters. The van der Waals surface area contributed by atoms with Crippen LogP contribution in [-0.4, -0.2) is 29.2 Å². The molecule has 0 aliphatic rings. The summed E-state index contributed by atoms with van der Waals surface area (Å²) in [5, 5.41) is 3.16. The van der Waals surface area contributed by atoms with E-state index in [0.29, 0.717) is 12.5 Å². The van der Waals surface area contributed by atoms with Gasteiger partial charge in [0, 0.05) is 18.7 Å². The van der Waals surface area contributed by atoms with E-state index in [9.17, 15) is 0 Å². The topological polar surface area (TPSA) is 73.1 Å². The van der Waals surface area contributed by atoms with Gasteiger partial charge in [0.2, 0.25) is 5.88 Å². The number of nitrogens with zero attached hydrogens (tertiary/aromatic N) is 2. The van der Waals surface area contributed by atoms with Crippen molar-refractivity contribution in [2.75, 3.05) is 18.5 Å². The molecule has 5 heteroatoms. The van der Waals surface area contributed by atoms with Crippen LogP contribution in [0.1, 0.15) is 20.3 Å². The molecule has 0 saturated heterocycles. The van der Waals surface area contributed by atoms with Gasteiger partial charge in [-0.3, -0.25) is 0 Å². The number of anilines is 1. The van der Waals surface area contributed by atoms with Crippen LogP contribution in [0.15, 0.2) is 12.4 Å². The second-order valence-electron chi connectivity index (χ2n) is 3.37. The number of rotatable bonds is 6. The van der Waals surface area contributed by atoms with Crippen molar-refractivity contribution in [1.29, 1.82) is 0 Å². The first-order chi connectivity index (χ1) is 7.22. The molecule has 5 nitrogen and oxygen atoms in total. The third kappa shape index (κ3) is 4.60. The van der Waals surface area contributed by atoms with Crippen LogP contribution in [0, 0.1) is 0 Å². The predicted octanol–water partition coefficient (Wildman–Crippen LogP) is 1.02. The second kappa shape index (κ2) is 6.19. The molecule has 0 radical (unpaired) electrons. The molecule has 0 spiro atoms. The van der Waals surface area contributed by atoms with Crippen molar-refractivity contribution >= 4 is 5.82 Å². The first kappa shape index (κ1) is 11.7. The van der Waals surface area contributed by atoms with Crippen molar-refractivity contribution < 1.29 is 4.74 Å². The first-order valence-electron chi connectivity index (χ1n) is 5.16. The third-order valence-electron chi connectivity index (χ3n) is 1.84. The van der Waals surface area contributed by atoms with Crippen LogP contribution < -0.4 is 15.8 Å². The molecule has 1 rings (SSSR count). The van der Waals surface area contributed by atoms with Crippen molar-refractivity contribution in [3.63, 3.8) is 0 Å². The molecule has 0 aliphatic carbocycles. The lowest BCUT2D eigenvalue weighted by Gasteiger charge is -2.08. The Kier molecular flexibility index (Phi) is 4.83. The molecule has 0 aromatic carbocycles. The number of aromatic nitrogens is 2. The summed E-state index contributed by atoms with van der Waals surface area (Å²) in [5.74, 6) is 1.37. The highest BCUT2D eigenvalue weighted by atomic mass is 16.5. The SMILES string of the molecule is CCOc1cc(NCCC(C)N)ncn1. The van der Waals surface area contributed by atoms with Crippen molar-refractivity contribution in [2.24, 2.45) is 5.73 Å². The molecular weight excluding hydrogens is 192 g/mol. The smallest absolute Gasteiger partial charge is 0.218 e. The Labute approximate surface area is 90.1 Å². The van der Waals surface area contributed by atoms with E-state index in [-0.39, 0.29) is 6.04 Å². The van der Waals surface area contributed by atoms with Gasteiger partial charge in [0.15, 0.2) is 0 Å². The molecule has 84 valence electrons. The molecule has 0 aliphatic heterocycles. The minimum atomic E-state index is 0.200. The zero-order valence-electron chi connectivity index (χ0n) is 9.23. The summed E-state index contributed by atoms with van der Waals surface area (Å²) < 4.78 is 5.26. The summed E-state index contributed by atoms with van der Waals surface area (Å²) in [4.78, 5) is 8.05. The molecule has 15 heavy (non-hydrogen) atoms. The molecule has 3 N–H and O–H groups in total. The van der Waals surface area contributed by atoms with Crippen LogP contribution in [0.25, 0.3) is 0 Å². The zero-order chi connectivity index (χ0) is 11.1. The average Bonchev–Trinajstić information content (AvgIpc) is 2.18. The van der Waals surface area contributed by atoms with E-state index >= 15 is 0 Å². The lowest BCUT2D eigenvalue weighted by molar-refractivity contribution is 0.326. The summed E-state index contributed by atoms with van der Waals surface area (Å²) in [6, 6.07) is 1.98. The van der Waals surface area contributed by atoms with Gasteiger partial charge in [0.05, 0.1) is 6.61 Å². The van der Waals surface area contributed by atoms with Crippen LogP contribution in [0.4, 0.5) is 5.82 Å². The summed E-state index contributed by atoms with van der Waals surface area (Å²) >= 11 is 0. The normalized spacial score (nSPS) is 12.2. The highest BCUT2D eigenvalue weighted by Gasteiger charge is 1.99. The minimum absolute atomic E-state index is 0.200. The quantitative estimate of drug-likeness (QED) is 0.733. The van der Waals surface area contributed by atoms with Gasteiger partial charge in [0.25, 0.3) is 0 Å². The van der Waals surface area contributed by atoms with E-state index in [4.69, 9.17) is 10.5 Å². The maximum atomic E-state index is 5.64. The second-order valence-corrected chi connectivity index (χ2v) is 3.37. The minimum Gasteiger partial charge on any atom is -0.478 e. The van der Waals surface area contributed by atoms with Gasteiger partial charge in [-0.05, 0) is 20.3 Å². The van der Waals surface area contributed by atoms with Crippen molar-refractivity contribution in [3.8, 4) is 5.88 Å². The summed E-state index contributed by atoms with van der Waals surface area (Å²) in [6.07, 6.45) is 2.40. The lowest BCUT2D eigenvalue weighted by atomic mass is 10.2. The van der Waals surface area contributed by atoms with E-state index in [1.165, 1.54) is 6.33 Å². The largest absolute Gasteiger partial charge is 0.478 e. The number of nitrogens with one attached hydrogen (secondary N) is 1. The Balaban J connectivity index is 2.43.